The maximum Gasteiger partial charge on any atom is 0.335 e. The van der Waals surface area contributed by atoms with Crippen LogP contribution in [0, 0.1) is 0 Å². The molecule has 0 atom stereocenters. The van der Waals surface area contributed by atoms with Gasteiger partial charge in [-0.2, -0.15) is 10.1 Å². The molecule has 9 nitrogen and oxygen atoms in total. The Hall–Kier alpha value is -3.72. The minimum Gasteiger partial charge on any atom is -0.478 e. The molecule has 0 aliphatic carbocycles. The number of carboxylic acids is 1. The van der Waals surface area contributed by atoms with E-state index in [0.29, 0.717) is 17.3 Å². The minimum absolute atomic E-state index is 0.229. The van der Waals surface area contributed by atoms with Gasteiger partial charge in [0.2, 0.25) is 5.95 Å². The minimum atomic E-state index is -0.960. The first-order chi connectivity index (χ1) is 14.0. The van der Waals surface area contributed by atoms with Crippen LogP contribution in [0.5, 0.6) is 0 Å². The second kappa shape index (κ2) is 7.72. The van der Waals surface area contributed by atoms with E-state index in [2.05, 4.69) is 25.4 Å². The van der Waals surface area contributed by atoms with Gasteiger partial charge in [0.05, 0.1) is 18.3 Å². The van der Waals surface area contributed by atoms with Gasteiger partial charge in [0, 0.05) is 35.8 Å². The molecule has 0 saturated heterocycles. The van der Waals surface area contributed by atoms with Gasteiger partial charge in [-0.3, -0.25) is 4.68 Å². The summed E-state index contributed by atoms with van der Waals surface area (Å²) in [6.07, 6.45) is 5.67. The Bertz CT molecular complexity index is 1150. The first-order valence-electron chi connectivity index (χ1n) is 9.13. The van der Waals surface area contributed by atoms with Gasteiger partial charge < -0.3 is 15.3 Å². The van der Waals surface area contributed by atoms with Crippen molar-refractivity contribution in [3.8, 4) is 11.1 Å². The number of nitrogens with one attached hydrogen (secondary N) is 1. The Balaban J connectivity index is 1.59. The molecule has 9 heteroatoms. The van der Waals surface area contributed by atoms with Gasteiger partial charge in [-0.25, -0.2) is 9.31 Å². The molecule has 0 fully saturated rings. The summed E-state index contributed by atoms with van der Waals surface area (Å²) < 4.78 is 3.62. The summed E-state index contributed by atoms with van der Waals surface area (Å²) in [7, 11) is 4.07. The second-order valence-corrected chi connectivity index (χ2v) is 6.93. The van der Waals surface area contributed by atoms with E-state index in [4.69, 9.17) is 5.11 Å². The molecule has 0 amide bonds. The molecule has 0 saturated carbocycles. The normalized spacial score (nSPS) is 11.3. The van der Waals surface area contributed by atoms with Gasteiger partial charge in [-0.1, -0.05) is 0 Å². The molecule has 0 radical (unpaired) electrons. The first kappa shape index (κ1) is 18.6. The molecule has 2 N–H and O–H groups in total. The van der Waals surface area contributed by atoms with Crippen LogP contribution in [0.25, 0.3) is 16.8 Å². The van der Waals surface area contributed by atoms with Gasteiger partial charge in [0.1, 0.15) is 0 Å². The maximum atomic E-state index is 11.0. The predicted octanol–water partition coefficient (Wildman–Crippen LogP) is 2.60. The lowest BCUT2D eigenvalue weighted by Crippen LogP contribution is -2.18. The molecular formula is C20H21N7O2. The zero-order chi connectivity index (χ0) is 20.4. The molecule has 3 heterocycles. The summed E-state index contributed by atoms with van der Waals surface area (Å²) in [6.45, 7) is 1.72. The lowest BCUT2D eigenvalue weighted by molar-refractivity contribution is 0.0697. The first-order valence-corrected chi connectivity index (χ1v) is 9.13. The van der Waals surface area contributed by atoms with E-state index in [1.807, 2.05) is 49.5 Å². The van der Waals surface area contributed by atoms with Crippen LogP contribution in [0.15, 0.2) is 55.0 Å². The largest absolute Gasteiger partial charge is 0.478 e. The van der Waals surface area contributed by atoms with Gasteiger partial charge in [0.25, 0.3) is 0 Å². The van der Waals surface area contributed by atoms with E-state index in [9.17, 15) is 4.79 Å². The molecule has 148 valence electrons. The van der Waals surface area contributed by atoms with Crippen molar-refractivity contribution in [2.75, 3.05) is 26.0 Å². The highest BCUT2D eigenvalue weighted by Crippen LogP contribution is 2.24. The summed E-state index contributed by atoms with van der Waals surface area (Å²) in [6, 6.07) is 10.3. The van der Waals surface area contributed by atoms with Gasteiger partial charge in [0.15, 0.2) is 5.65 Å². The fraction of sp³-hybridized carbons (Fsp3) is 0.200. The van der Waals surface area contributed by atoms with Crippen LogP contribution >= 0.6 is 0 Å². The van der Waals surface area contributed by atoms with Crippen molar-refractivity contribution in [3.63, 3.8) is 0 Å². The van der Waals surface area contributed by atoms with Crippen molar-refractivity contribution in [2.24, 2.45) is 0 Å². The molecular weight excluding hydrogens is 370 g/mol. The summed E-state index contributed by atoms with van der Waals surface area (Å²) in [5.74, 6) is -0.529. The summed E-state index contributed by atoms with van der Waals surface area (Å²) in [4.78, 5) is 17.7. The number of anilines is 2. The number of carboxylic acid groups (broad SMARTS) is 1. The van der Waals surface area contributed by atoms with Crippen LogP contribution in [0.4, 0.5) is 11.6 Å². The third-order valence-electron chi connectivity index (χ3n) is 4.47. The number of aromatic carboxylic acids is 1. The Morgan fingerprint density at radius 3 is 2.72 bits per heavy atom. The van der Waals surface area contributed by atoms with E-state index in [1.165, 1.54) is 12.1 Å². The summed E-state index contributed by atoms with van der Waals surface area (Å²) in [5.41, 5.74) is 3.56. The molecule has 3 aromatic heterocycles. The van der Waals surface area contributed by atoms with Gasteiger partial charge in [-0.05, 0) is 50.5 Å². The van der Waals surface area contributed by atoms with Crippen LogP contribution in [-0.4, -0.2) is 61.0 Å². The fourth-order valence-electron chi connectivity index (χ4n) is 2.94. The SMILES string of the molecule is CN(C)CCn1cc(-c2cccn3nc(Nc4ccc(C(=O)O)cc4)nc23)cn1. The Morgan fingerprint density at radius 1 is 1.21 bits per heavy atom. The quantitative estimate of drug-likeness (QED) is 0.499. The zero-order valence-electron chi connectivity index (χ0n) is 16.1. The molecule has 0 spiro atoms. The van der Waals surface area contributed by atoms with Crippen molar-refractivity contribution in [3.05, 3.63) is 60.6 Å². The van der Waals surface area contributed by atoms with Crippen molar-refractivity contribution in [1.82, 2.24) is 29.3 Å². The molecule has 4 aromatic rings. The summed E-state index contributed by atoms with van der Waals surface area (Å²) >= 11 is 0. The average Bonchev–Trinajstić information content (AvgIpc) is 3.33. The van der Waals surface area contributed by atoms with Crippen LogP contribution in [0.2, 0.25) is 0 Å². The summed E-state index contributed by atoms with van der Waals surface area (Å²) in [5, 5.41) is 21.0. The van der Waals surface area contributed by atoms with Crippen molar-refractivity contribution in [2.45, 2.75) is 6.54 Å². The maximum absolute atomic E-state index is 11.0. The third kappa shape index (κ3) is 4.09. The van der Waals surface area contributed by atoms with E-state index in [1.54, 1.807) is 16.6 Å². The van der Waals surface area contributed by atoms with Crippen LogP contribution in [-0.2, 0) is 6.54 Å². The number of hydrogen-bond donors (Lipinski definition) is 2. The van der Waals surface area contributed by atoms with Crippen molar-refractivity contribution in [1.29, 1.82) is 0 Å². The molecule has 29 heavy (non-hydrogen) atoms. The number of rotatable bonds is 7. The number of carbonyl (C=O) groups is 1. The standard InChI is InChI=1S/C20H21N7O2/c1-25(2)10-11-26-13-15(12-21-26)17-4-3-9-27-18(17)23-20(24-27)22-16-7-5-14(6-8-16)19(28)29/h3-9,12-13H,10-11H2,1-2H3,(H,22,24)(H,28,29). The second-order valence-electron chi connectivity index (χ2n) is 6.93. The number of nitrogens with zero attached hydrogens (tertiary/aromatic N) is 6. The van der Waals surface area contributed by atoms with E-state index >= 15 is 0 Å². The Kier molecular flexibility index (Phi) is 4.96. The fourth-order valence-corrected chi connectivity index (χ4v) is 2.94. The lowest BCUT2D eigenvalue weighted by Gasteiger charge is -2.08. The Morgan fingerprint density at radius 2 is 2.00 bits per heavy atom. The number of pyridine rings is 1. The number of likely N-dealkylation sites (N-methyl/N-ethyl adjacent to an activating group) is 1. The topological polar surface area (TPSA) is 101 Å². The van der Waals surface area contributed by atoms with Crippen LogP contribution in [0.1, 0.15) is 10.4 Å². The molecule has 0 aliphatic heterocycles. The number of hydrogen-bond acceptors (Lipinski definition) is 6. The van der Waals surface area contributed by atoms with E-state index < -0.39 is 5.97 Å². The van der Waals surface area contributed by atoms with E-state index in [-0.39, 0.29) is 5.56 Å². The monoisotopic (exact) mass is 391 g/mol. The third-order valence-corrected chi connectivity index (χ3v) is 4.47. The number of benzene rings is 1. The van der Waals surface area contributed by atoms with Gasteiger partial charge in [-0.15, -0.1) is 5.10 Å². The zero-order valence-corrected chi connectivity index (χ0v) is 16.1. The Labute approximate surface area is 167 Å². The predicted molar refractivity (Wildman–Crippen MR) is 109 cm³/mol. The lowest BCUT2D eigenvalue weighted by atomic mass is 10.1. The van der Waals surface area contributed by atoms with E-state index in [0.717, 1.165) is 24.2 Å². The van der Waals surface area contributed by atoms with Crippen LogP contribution in [0.3, 0.4) is 0 Å². The molecule has 4 rings (SSSR count). The highest BCUT2D eigenvalue weighted by atomic mass is 16.4. The molecule has 0 bridgehead atoms. The van der Waals surface area contributed by atoms with Crippen LogP contribution < -0.4 is 5.32 Å². The molecule has 0 aliphatic rings. The van der Waals surface area contributed by atoms with Crippen molar-refractivity contribution < 1.29 is 9.90 Å². The number of fused-ring (bicyclic) bond motifs is 1. The smallest absolute Gasteiger partial charge is 0.335 e. The molecule has 1 aromatic carbocycles. The van der Waals surface area contributed by atoms with Crippen molar-refractivity contribution >= 4 is 23.3 Å². The molecule has 0 unspecified atom stereocenters. The average molecular weight is 391 g/mol. The highest BCUT2D eigenvalue weighted by Gasteiger charge is 2.12. The highest BCUT2D eigenvalue weighted by molar-refractivity contribution is 5.88. The van der Waals surface area contributed by atoms with Gasteiger partial charge >= 0.3 is 5.97 Å². The number of aromatic nitrogens is 5.